The molecule has 0 aliphatic carbocycles. The Bertz CT molecular complexity index is 642. The molecule has 1 saturated heterocycles. The first kappa shape index (κ1) is 14.8. The van der Waals surface area contributed by atoms with Crippen molar-refractivity contribution in [2.24, 2.45) is 0 Å². The summed E-state index contributed by atoms with van der Waals surface area (Å²) in [5, 5.41) is 0. The van der Waals surface area contributed by atoms with Crippen molar-refractivity contribution in [3.63, 3.8) is 0 Å². The molecule has 1 fully saturated rings. The fourth-order valence-corrected chi connectivity index (χ4v) is 3.11. The summed E-state index contributed by atoms with van der Waals surface area (Å²) in [6.07, 6.45) is 0.181. The second-order valence-electron chi connectivity index (χ2n) is 6.00. The van der Waals surface area contributed by atoms with Gasteiger partial charge >= 0.3 is 0 Å². The summed E-state index contributed by atoms with van der Waals surface area (Å²) < 4.78 is 0. The molecule has 0 atom stereocenters. The van der Waals surface area contributed by atoms with Crippen LogP contribution >= 0.6 is 0 Å². The molecule has 0 aromatic heterocycles. The summed E-state index contributed by atoms with van der Waals surface area (Å²) in [4.78, 5) is 4.69. The molecule has 2 nitrogen and oxygen atoms in total. The lowest BCUT2D eigenvalue weighted by molar-refractivity contribution is 0.0681. The Morgan fingerprint density at radius 3 is 1.95 bits per heavy atom. The van der Waals surface area contributed by atoms with E-state index in [-0.39, 0.29) is 6.17 Å². The van der Waals surface area contributed by atoms with Gasteiger partial charge < -0.3 is 0 Å². The quantitative estimate of drug-likeness (QED) is 0.745. The van der Waals surface area contributed by atoms with Gasteiger partial charge in [-0.15, -0.1) is 0 Å². The molecule has 3 rings (SSSR count). The van der Waals surface area contributed by atoms with Crippen LogP contribution in [0.3, 0.4) is 0 Å². The minimum Gasteiger partial charge on any atom is -0.280 e. The molecule has 2 aromatic carbocycles. The molecule has 112 valence electrons. The second-order valence-corrected chi connectivity index (χ2v) is 6.00. The van der Waals surface area contributed by atoms with Gasteiger partial charge in [-0.25, -0.2) is 0 Å². The van der Waals surface area contributed by atoms with E-state index in [0.717, 1.165) is 18.7 Å². The Morgan fingerprint density at radius 1 is 0.818 bits per heavy atom. The van der Waals surface area contributed by atoms with Crippen molar-refractivity contribution in [1.29, 1.82) is 0 Å². The van der Waals surface area contributed by atoms with Crippen molar-refractivity contribution in [2.45, 2.75) is 12.1 Å². The molecule has 0 unspecified atom stereocenters. The highest BCUT2D eigenvalue weighted by molar-refractivity contribution is 5.35. The average molecular weight is 290 g/mol. The number of likely N-dealkylation sites (N-methyl/N-ethyl adjacent to an activating group) is 2. The van der Waals surface area contributed by atoms with Gasteiger partial charge in [0.25, 0.3) is 0 Å². The summed E-state index contributed by atoms with van der Waals surface area (Å²) in [6.45, 7) is 2.09. The van der Waals surface area contributed by atoms with Crippen LogP contribution in [0.15, 0.2) is 60.7 Å². The molecule has 0 N–H and O–H groups in total. The molecule has 1 aliphatic heterocycles. The van der Waals surface area contributed by atoms with Crippen molar-refractivity contribution >= 4 is 0 Å². The molecular formula is C20H22N2. The number of hydrogen-bond donors (Lipinski definition) is 0. The van der Waals surface area contributed by atoms with Crippen molar-refractivity contribution in [3.05, 3.63) is 71.8 Å². The van der Waals surface area contributed by atoms with Gasteiger partial charge in [0.1, 0.15) is 6.17 Å². The number of hydrogen-bond acceptors (Lipinski definition) is 2. The van der Waals surface area contributed by atoms with Gasteiger partial charge in [-0.2, -0.15) is 0 Å². The molecule has 0 saturated carbocycles. The summed E-state index contributed by atoms with van der Waals surface area (Å²) in [7, 11) is 4.33. The third-order valence-corrected chi connectivity index (χ3v) is 4.24. The summed E-state index contributed by atoms with van der Waals surface area (Å²) >= 11 is 0. The highest BCUT2D eigenvalue weighted by Gasteiger charge is 2.29. The molecule has 2 aromatic rings. The molecule has 0 spiro atoms. The summed E-state index contributed by atoms with van der Waals surface area (Å²) in [5.74, 6) is 7.25. The van der Waals surface area contributed by atoms with Crippen LogP contribution in [0.4, 0.5) is 0 Å². The summed E-state index contributed by atoms with van der Waals surface area (Å²) in [5.41, 5.74) is 2.49. The lowest BCUT2D eigenvalue weighted by atomic mass is 9.95. The van der Waals surface area contributed by atoms with Gasteiger partial charge in [0.2, 0.25) is 0 Å². The monoisotopic (exact) mass is 290 g/mol. The van der Waals surface area contributed by atoms with Gasteiger partial charge in [-0.1, -0.05) is 60.4 Å². The second kappa shape index (κ2) is 6.79. The van der Waals surface area contributed by atoms with E-state index >= 15 is 0 Å². The van der Waals surface area contributed by atoms with Gasteiger partial charge in [-0.3, -0.25) is 9.80 Å². The van der Waals surface area contributed by atoms with E-state index in [1.54, 1.807) is 0 Å². The maximum Gasteiger partial charge on any atom is 0.126 e. The normalized spacial score (nSPS) is 22.8. The van der Waals surface area contributed by atoms with Crippen LogP contribution < -0.4 is 0 Å². The average Bonchev–Trinajstić information content (AvgIpc) is 2.56. The third-order valence-electron chi connectivity index (χ3n) is 4.24. The van der Waals surface area contributed by atoms with Crippen LogP contribution in [0, 0.1) is 11.8 Å². The van der Waals surface area contributed by atoms with E-state index in [9.17, 15) is 0 Å². The van der Waals surface area contributed by atoms with Gasteiger partial charge in [0.05, 0.1) is 0 Å². The smallest absolute Gasteiger partial charge is 0.126 e. The first-order valence-corrected chi connectivity index (χ1v) is 7.76. The zero-order valence-electron chi connectivity index (χ0n) is 13.2. The molecule has 1 aliphatic rings. The Hall–Kier alpha value is -2.08. The Labute approximate surface area is 133 Å². The Kier molecular flexibility index (Phi) is 4.58. The molecule has 1 heterocycles. The Balaban J connectivity index is 1.73. The van der Waals surface area contributed by atoms with E-state index < -0.39 is 0 Å². The first-order chi connectivity index (χ1) is 10.7. The van der Waals surface area contributed by atoms with E-state index in [4.69, 9.17) is 0 Å². The van der Waals surface area contributed by atoms with Crippen LogP contribution in [0.5, 0.6) is 0 Å². The maximum absolute atomic E-state index is 3.41. The van der Waals surface area contributed by atoms with Gasteiger partial charge in [0.15, 0.2) is 0 Å². The zero-order chi connectivity index (χ0) is 15.4. The highest BCUT2D eigenvalue weighted by atomic mass is 15.3. The van der Waals surface area contributed by atoms with Crippen LogP contribution in [-0.2, 0) is 0 Å². The SMILES string of the molecule is CN1CC(c2ccccc2)CN(C)C1C#Cc1ccccc1. The lowest BCUT2D eigenvalue weighted by Crippen LogP contribution is -2.52. The first-order valence-electron chi connectivity index (χ1n) is 7.76. The maximum atomic E-state index is 3.41. The van der Waals surface area contributed by atoms with Crippen molar-refractivity contribution in [1.82, 2.24) is 9.80 Å². The summed E-state index contributed by atoms with van der Waals surface area (Å²) in [6, 6.07) is 21.0. The molecule has 22 heavy (non-hydrogen) atoms. The highest BCUT2D eigenvalue weighted by Crippen LogP contribution is 2.24. The zero-order valence-corrected chi connectivity index (χ0v) is 13.2. The number of benzene rings is 2. The van der Waals surface area contributed by atoms with Crippen LogP contribution in [0.25, 0.3) is 0 Å². The number of rotatable bonds is 1. The standard InChI is InChI=1S/C20H22N2/c1-21-15-19(18-11-7-4-8-12-18)16-22(2)20(21)14-13-17-9-5-3-6-10-17/h3-12,19-20H,15-16H2,1-2H3. The topological polar surface area (TPSA) is 6.48 Å². The Morgan fingerprint density at radius 2 is 1.36 bits per heavy atom. The molecule has 0 bridgehead atoms. The van der Waals surface area contributed by atoms with Crippen LogP contribution in [0.1, 0.15) is 17.0 Å². The fourth-order valence-electron chi connectivity index (χ4n) is 3.11. The minimum absolute atomic E-state index is 0.181. The van der Waals surface area contributed by atoms with Crippen molar-refractivity contribution in [2.75, 3.05) is 27.2 Å². The van der Waals surface area contributed by atoms with E-state index in [0.29, 0.717) is 5.92 Å². The largest absolute Gasteiger partial charge is 0.280 e. The molecule has 0 radical (unpaired) electrons. The van der Waals surface area contributed by atoms with Gasteiger partial charge in [-0.05, 0) is 31.8 Å². The van der Waals surface area contributed by atoms with E-state index in [1.807, 2.05) is 18.2 Å². The predicted molar refractivity (Wildman–Crippen MR) is 91.6 cm³/mol. The predicted octanol–water partition coefficient (Wildman–Crippen LogP) is 3.03. The van der Waals surface area contributed by atoms with Crippen LogP contribution in [0.2, 0.25) is 0 Å². The number of nitrogens with zero attached hydrogens (tertiary/aromatic N) is 2. The molecule has 0 amide bonds. The van der Waals surface area contributed by atoms with Crippen molar-refractivity contribution in [3.8, 4) is 11.8 Å². The lowest BCUT2D eigenvalue weighted by Gasteiger charge is -2.41. The van der Waals surface area contributed by atoms with Gasteiger partial charge in [0, 0.05) is 24.6 Å². The van der Waals surface area contributed by atoms with Crippen LogP contribution in [-0.4, -0.2) is 43.2 Å². The van der Waals surface area contributed by atoms with Crippen molar-refractivity contribution < 1.29 is 0 Å². The molecule has 2 heteroatoms. The van der Waals surface area contributed by atoms with E-state index in [2.05, 4.69) is 78.2 Å². The third kappa shape index (κ3) is 3.39. The van der Waals surface area contributed by atoms with E-state index in [1.165, 1.54) is 5.56 Å². The molecular weight excluding hydrogens is 268 g/mol. The minimum atomic E-state index is 0.181. The fraction of sp³-hybridized carbons (Fsp3) is 0.300.